The summed E-state index contributed by atoms with van der Waals surface area (Å²) in [4.78, 5) is 0. The molecule has 0 saturated heterocycles. The van der Waals surface area contributed by atoms with Crippen LogP contribution in [0.1, 0.15) is 44.7 Å². The predicted molar refractivity (Wildman–Crippen MR) is 82.2 cm³/mol. The second-order valence-electron chi connectivity index (χ2n) is 6.00. The van der Waals surface area contributed by atoms with E-state index >= 15 is 0 Å². The van der Waals surface area contributed by atoms with Crippen LogP contribution in [0.5, 0.6) is 0 Å². The first-order chi connectivity index (χ1) is 9.01. The molecule has 1 saturated carbocycles. The van der Waals surface area contributed by atoms with E-state index in [1.54, 1.807) is 0 Å². The molecule has 0 amide bonds. The molecule has 0 radical (unpaired) electrons. The number of rotatable bonds is 3. The third-order valence-electron chi connectivity index (χ3n) is 4.17. The van der Waals surface area contributed by atoms with Gasteiger partial charge in [-0.15, -0.1) is 0 Å². The Labute approximate surface area is 125 Å². The summed E-state index contributed by atoms with van der Waals surface area (Å²) in [6.07, 6.45) is 3.73. The Morgan fingerprint density at radius 3 is 2.26 bits per heavy atom. The zero-order valence-corrected chi connectivity index (χ0v) is 13.0. The Balaban J connectivity index is 2.21. The second kappa shape index (κ2) is 6.45. The van der Waals surface area contributed by atoms with E-state index in [2.05, 4.69) is 19.3 Å². The molecule has 3 N–H and O–H groups in total. The van der Waals surface area contributed by atoms with Crippen LogP contribution in [0.15, 0.2) is 18.2 Å². The molecular formula is C15H22Cl2N2. The smallest absolute Gasteiger partial charge is 0.0595 e. The maximum absolute atomic E-state index is 6.11. The van der Waals surface area contributed by atoms with Crippen molar-refractivity contribution in [2.75, 3.05) is 0 Å². The summed E-state index contributed by atoms with van der Waals surface area (Å²) in [5, 5.41) is 1.18. The van der Waals surface area contributed by atoms with Gasteiger partial charge in [0.05, 0.1) is 10.0 Å². The minimum atomic E-state index is 0.153. The van der Waals surface area contributed by atoms with Crippen LogP contribution in [-0.2, 0) is 0 Å². The number of halogens is 2. The van der Waals surface area contributed by atoms with Crippen molar-refractivity contribution >= 4 is 23.2 Å². The summed E-state index contributed by atoms with van der Waals surface area (Å²) >= 11 is 12.1. The van der Waals surface area contributed by atoms with Crippen LogP contribution in [-0.4, -0.2) is 0 Å². The summed E-state index contributed by atoms with van der Waals surface area (Å²) in [5.41, 5.74) is 4.10. The minimum Gasteiger partial charge on any atom is -0.271 e. The topological polar surface area (TPSA) is 38.0 Å². The van der Waals surface area contributed by atoms with Crippen LogP contribution in [0, 0.1) is 17.8 Å². The lowest BCUT2D eigenvalue weighted by Crippen LogP contribution is -2.37. The van der Waals surface area contributed by atoms with E-state index in [1.165, 1.54) is 19.3 Å². The van der Waals surface area contributed by atoms with Gasteiger partial charge in [0.15, 0.2) is 0 Å². The van der Waals surface area contributed by atoms with Crippen molar-refractivity contribution in [3.05, 3.63) is 33.8 Å². The van der Waals surface area contributed by atoms with Gasteiger partial charge in [0.25, 0.3) is 0 Å². The molecule has 1 aliphatic rings. The predicted octanol–water partition coefficient (Wildman–Crippen LogP) is 4.57. The molecule has 4 heteroatoms. The molecule has 3 atom stereocenters. The van der Waals surface area contributed by atoms with E-state index in [1.807, 2.05) is 18.2 Å². The standard InChI is InChI=1S/C15H22Cl2N2/c1-9-5-10(2)7-12(6-9)15(19-18)11-3-4-13(16)14(17)8-11/h3-4,8-10,12,15,19H,5-7,18H2,1-2H3. The molecule has 0 aromatic heterocycles. The van der Waals surface area contributed by atoms with Crippen molar-refractivity contribution in [2.24, 2.45) is 23.6 Å². The highest BCUT2D eigenvalue weighted by Gasteiger charge is 2.30. The monoisotopic (exact) mass is 300 g/mol. The Kier molecular flexibility index (Phi) is 5.13. The summed E-state index contributed by atoms with van der Waals surface area (Å²) in [7, 11) is 0. The van der Waals surface area contributed by atoms with E-state index < -0.39 is 0 Å². The van der Waals surface area contributed by atoms with Gasteiger partial charge in [-0.05, 0) is 54.7 Å². The molecule has 19 heavy (non-hydrogen) atoms. The Hall–Kier alpha value is -0.280. The van der Waals surface area contributed by atoms with Gasteiger partial charge < -0.3 is 0 Å². The first-order valence-corrected chi connectivity index (χ1v) is 7.68. The zero-order valence-electron chi connectivity index (χ0n) is 11.5. The first kappa shape index (κ1) is 15.1. The van der Waals surface area contributed by atoms with Gasteiger partial charge in [0, 0.05) is 6.04 Å². The molecule has 1 aromatic rings. The molecule has 1 aromatic carbocycles. The Morgan fingerprint density at radius 1 is 1.11 bits per heavy atom. The van der Waals surface area contributed by atoms with Crippen LogP contribution >= 0.6 is 23.2 Å². The van der Waals surface area contributed by atoms with Crippen LogP contribution in [0.4, 0.5) is 0 Å². The van der Waals surface area contributed by atoms with Gasteiger partial charge >= 0.3 is 0 Å². The van der Waals surface area contributed by atoms with E-state index in [0.29, 0.717) is 16.0 Å². The van der Waals surface area contributed by atoms with Crippen molar-refractivity contribution in [1.82, 2.24) is 5.43 Å². The lowest BCUT2D eigenvalue weighted by Gasteiger charge is -2.36. The van der Waals surface area contributed by atoms with Crippen molar-refractivity contribution in [3.63, 3.8) is 0 Å². The largest absolute Gasteiger partial charge is 0.271 e. The fourth-order valence-corrected chi connectivity index (χ4v) is 3.80. The number of nitrogens with two attached hydrogens (primary N) is 1. The molecule has 0 spiro atoms. The Morgan fingerprint density at radius 2 is 1.74 bits per heavy atom. The molecule has 2 nitrogen and oxygen atoms in total. The number of hydrogen-bond donors (Lipinski definition) is 2. The lowest BCUT2D eigenvalue weighted by molar-refractivity contribution is 0.177. The first-order valence-electron chi connectivity index (χ1n) is 6.92. The van der Waals surface area contributed by atoms with Gasteiger partial charge in [-0.1, -0.05) is 43.1 Å². The van der Waals surface area contributed by atoms with Crippen molar-refractivity contribution in [2.45, 2.75) is 39.2 Å². The average Bonchev–Trinajstić information content (AvgIpc) is 2.33. The van der Waals surface area contributed by atoms with Crippen LogP contribution in [0.2, 0.25) is 10.0 Å². The van der Waals surface area contributed by atoms with Crippen molar-refractivity contribution in [3.8, 4) is 0 Å². The summed E-state index contributed by atoms with van der Waals surface area (Å²) < 4.78 is 0. The SMILES string of the molecule is CC1CC(C)CC(C(NN)c2ccc(Cl)c(Cl)c2)C1. The van der Waals surface area contributed by atoms with Crippen LogP contribution in [0.25, 0.3) is 0 Å². The number of hydrazine groups is 1. The zero-order chi connectivity index (χ0) is 14.0. The highest BCUT2D eigenvalue weighted by Crippen LogP contribution is 2.40. The van der Waals surface area contributed by atoms with E-state index in [0.717, 1.165) is 17.4 Å². The van der Waals surface area contributed by atoms with Crippen molar-refractivity contribution in [1.29, 1.82) is 0 Å². The molecule has 0 aliphatic heterocycles. The van der Waals surface area contributed by atoms with E-state index in [4.69, 9.17) is 29.0 Å². The van der Waals surface area contributed by atoms with Crippen molar-refractivity contribution < 1.29 is 0 Å². The quantitative estimate of drug-likeness (QED) is 0.634. The highest BCUT2D eigenvalue weighted by atomic mass is 35.5. The number of benzene rings is 1. The average molecular weight is 301 g/mol. The second-order valence-corrected chi connectivity index (χ2v) is 6.81. The van der Waals surface area contributed by atoms with E-state index in [9.17, 15) is 0 Å². The minimum absolute atomic E-state index is 0.153. The Bertz CT molecular complexity index is 426. The number of nitrogens with one attached hydrogen (secondary N) is 1. The molecule has 106 valence electrons. The molecular weight excluding hydrogens is 279 g/mol. The van der Waals surface area contributed by atoms with Gasteiger partial charge in [-0.25, -0.2) is 0 Å². The summed E-state index contributed by atoms with van der Waals surface area (Å²) in [6, 6.07) is 5.94. The van der Waals surface area contributed by atoms with Crippen LogP contribution in [0.3, 0.4) is 0 Å². The summed E-state index contributed by atoms with van der Waals surface area (Å²) in [6.45, 7) is 4.65. The highest BCUT2D eigenvalue weighted by molar-refractivity contribution is 6.42. The molecule has 1 fully saturated rings. The fourth-order valence-electron chi connectivity index (χ4n) is 3.49. The maximum atomic E-state index is 6.11. The van der Waals surface area contributed by atoms with Gasteiger partial charge in [-0.3, -0.25) is 11.3 Å². The van der Waals surface area contributed by atoms with Gasteiger partial charge in [0.2, 0.25) is 0 Å². The van der Waals surface area contributed by atoms with E-state index in [-0.39, 0.29) is 6.04 Å². The number of hydrogen-bond acceptors (Lipinski definition) is 2. The molecule has 0 bridgehead atoms. The maximum Gasteiger partial charge on any atom is 0.0595 e. The normalized spacial score (nSPS) is 29.2. The van der Waals surface area contributed by atoms with Gasteiger partial charge in [0.1, 0.15) is 0 Å². The fraction of sp³-hybridized carbons (Fsp3) is 0.600. The molecule has 3 unspecified atom stereocenters. The third kappa shape index (κ3) is 3.63. The molecule has 2 rings (SSSR count). The molecule has 1 aliphatic carbocycles. The molecule has 0 heterocycles. The van der Waals surface area contributed by atoms with Gasteiger partial charge in [-0.2, -0.15) is 0 Å². The summed E-state index contributed by atoms with van der Waals surface area (Å²) in [5.74, 6) is 7.86. The third-order valence-corrected chi connectivity index (χ3v) is 4.91. The lowest BCUT2D eigenvalue weighted by atomic mass is 9.72. The van der Waals surface area contributed by atoms with Crippen LogP contribution < -0.4 is 11.3 Å².